The Morgan fingerprint density at radius 1 is 1.41 bits per heavy atom. The number of amides is 1. The maximum Gasteiger partial charge on any atom is 0.255 e. The molecular weight excluding hydrogens is 296 g/mol. The topological polar surface area (TPSA) is 41.9 Å². The molecular formula is C17H18N2O2S. The summed E-state index contributed by atoms with van der Waals surface area (Å²) in [5, 5.41) is 0.116. The molecule has 0 N–H and O–H groups in total. The lowest BCUT2D eigenvalue weighted by molar-refractivity contribution is -0.141. The maximum absolute atomic E-state index is 12.3. The van der Waals surface area contributed by atoms with Gasteiger partial charge < -0.3 is 4.74 Å². The second-order valence-corrected chi connectivity index (χ2v) is 6.33. The van der Waals surface area contributed by atoms with Crippen molar-refractivity contribution in [3.8, 4) is 5.75 Å². The molecule has 5 heteroatoms. The smallest absolute Gasteiger partial charge is 0.255 e. The zero-order valence-electron chi connectivity index (χ0n) is 12.7. The summed E-state index contributed by atoms with van der Waals surface area (Å²) >= 11 is 1.74. The van der Waals surface area contributed by atoms with Crippen LogP contribution in [0.3, 0.4) is 0 Å². The molecule has 114 valence electrons. The molecule has 2 atom stereocenters. The van der Waals surface area contributed by atoms with Gasteiger partial charge in [-0.1, -0.05) is 12.7 Å². The molecule has 0 radical (unpaired) electrons. The van der Waals surface area contributed by atoms with Gasteiger partial charge in [0.15, 0.2) is 6.04 Å². The summed E-state index contributed by atoms with van der Waals surface area (Å²) in [6.07, 6.45) is 3.60. The van der Waals surface area contributed by atoms with Gasteiger partial charge in [0.1, 0.15) is 11.1 Å². The third kappa shape index (κ3) is 2.46. The number of allylic oxidation sites excluding steroid dienone is 2. The van der Waals surface area contributed by atoms with Crippen LogP contribution in [0.5, 0.6) is 5.75 Å². The minimum Gasteiger partial charge on any atom is -0.497 e. The van der Waals surface area contributed by atoms with E-state index in [1.807, 2.05) is 42.2 Å². The highest BCUT2D eigenvalue weighted by atomic mass is 32.2. The van der Waals surface area contributed by atoms with Gasteiger partial charge in [0.25, 0.3) is 5.91 Å². The zero-order valence-corrected chi connectivity index (χ0v) is 13.5. The summed E-state index contributed by atoms with van der Waals surface area (Å²) < 4.78 is 5.13. The van der Waals surface area contributed by atoms with E-state index in [1.165, 1.54) is 0 Å². The number of thioether (sulfide) groups is 1. The van der Waals surface area contributed by atoms with Crippen LogP contribution >= 0.6 is 11.8 Å². The Hall–Kier alpha value is -2.01. The Bertz CT molecular complexity index is 664. The Balaban J connectivity index is 1.72. The van der Waals surface area contributed by atoms with Gasteiger partial charge >= 0.3 is 0 Å². The number of hydrogen-bond acceptors (Lipinski definition) is 4. The molecule has 2 unspecified atom stereocenters. The van der Waals surface area contributed by atoms with E-state index >= 15 is 0 Å². The fraction of sp³-hybridized carbons (Fsp3) is 0.294. The summed E-state index contributed by atoms with van der Waals surface area (Å²) in [5.74, 6) is 1.76. The minimum absolute atomic E-state index is 0.0683. The Kier molecular flexibility index (Phi) is 4.07. The van der Waals surface area contributed by atoms with Crippen molar-refractivity contribution in [2.45, 2.75) is 18.3 Å². The summed E-state index contributed by atoms with van der Waals surface area (Å²) in [5.41, 5.74) is 3.11. The van der Waals surface area contributed by atoms with E-state index in [9.17, 15) is 4.79 Å². The lowest BCUT2D eigenvalue weighted by Gasteiger charge is -2.48. The van der Waals surface area contributed by atoms with Gasteiger partial charge in [0, 0.05) is 17.7 Å². The Morgan fingerprint density at radius 3 is 2.77 bits per heavy atom. The SMILES string of the molecule is C=CC1=C(C)N2C(=O)C(N=Cc3ccc(OC)cc3)C2SC1. The molecule has 22 heavy (non-hydrogen) atoms. The number of rotatable bonds is 4. The monoisotopic (exact) mass is 314 g/mol. The highest BCUT2D eigenvalue weighted by molar-refractivity contribution is 8.00. The van der Waals surface area contributed by atoms with Crippen molar-refractivity contribution in [1.29, 1.82) is 0 Å². The molecule has 2 aliphatic rings. The number of benzene rings is 1. The molecule has 2 heterocycles. The number of methoxy groups -OCH3 is 1. The lowest BCUT2D eigenvalue weighted by atomic mass is 10.0. The van der Waals surface area contributed by atoms with Crippen LogP contribution in [0, 0.1) is 0 Å². The Labute approximate surface area is 134 Å². The molecule has 0 spiro atoms. The lowest BCUT2D eigenvalue weighted by Crippen LogP contribution is -2.62. The molecule has 2 aliphatic heterocycles. The van der Waals surface area contributed by atoms with Crippen LogP contribution in [0.1, 0.15) is 12.5 Å². The third-order valence-corrected chi connectivity index (χ3v) is 5.28. The molecule has 1 aromatic rings. The predicted molar refractivity (Wildman–Crippen MR) is 90.4 cm³/mol. The number of β-lactam (4-membered cyclic amide) rings is 1. The van der Waals surface area contributed by atoms with Crippen LogP contribution < -0.4 is 4.74 Å². The van der Waals surface area contributed by atoms with Crippen molar-refractivity contribution < 1.29 is 9.53 Å². The number of hydrogen-bond donors (Lipinski definition) is 0. The van der Waals surface area contributed by atoms with Gasteiger partial charge in [0.05, 0.1) is 7.11 Å². The second kappa shape index (κ2) is 6.01. The highest BCUT2D eigenvalue weighted by Gasteiger charge is 2.50. The van der Waals surface area contributed by atoms with Gasteiger partial charge in [-0.3, -0.25) is 14.7 Å². The van der Waals surface area contributed by atoms with Crippen molar-refractivity contribution in [2.75, 3.05) is 12.9 Å². The third-order valence-electron chi connectivity index (χ3n) is 4.00. The van der Waals surface area contributed by atoms with E-state index in [4.69, 9.17) is 4.74 Å². The van der Waals surface area contributed by atoms with Crippen LogP contribution in [0.15, 0.2) is 53.2 Å². The molecule has 0 bridgehead atoms. The van der Waals surface area contributed by atoms with Crippen LogP contribution in [0.25, 0.3) is 0 Å². The Morgan fingerprint density at radius 2 is 2.14 bits per heavy atom. The predicted octanol–water partition coefficient (Wildman–Crippen LogP) is 2.86. The summed E-state index contributed by atoms with van der Waals surface area (Å²) in [6.45, 7) is 5.78. The molecule has 1 aromatic carbocycles. The number of aliphatic imine (C=N–C) groups is 1. The highest BCUT2D eigenvalue weighted by Crippen LogP contribution is 2.41. The number of carbonyl (C=O) groups excluding carboxylic acids is 1. The van der Waals surface area contributed by atoms with E-state index < -0.39 is 0 Å². The molecule has 1 fully saturated rings. The maximum atomic E-state index is 12.3. The van der Waals surface area contributed by atoms with Gasteiger partial charge in [-0.2, -0.15) is 0 Å². The quantitative estimate of drug-likeness (QED) is 0.634. The summed E-state index contributed by atoms with van der Waals surface area (Å²) in [7, 11) is 1.64. The molecule has 0 saturated carbocycles. The van der Waals surface area contributed by atoms with Gasteiger partial charge in [0.2, 0.25) is 0 Å². The average Bonchev–Trinajstić information content (AvgIpc) is 2.55. The molecule has 0 aliphatic carbocycles. The molecule has 1 saturated heterocycles. The average molecular weight is 314 g/mol. The summed E-state index contributed by atoms with van der Waals surface area (Å²) in [6, 6.07) is 7.34. The minimum atomic E-state index is -0.284. The van der Waals surface area contributed by atoms with Crippen LogP contribution in [-0.2, 0) is 4.79 Å². The van der Waals surface area contributed by atoms with Crippen LogP contribution in [0.2, 0.25) is 0 Å². The van der Waals surface area contributed by atoms with Crippen LogP contribution in [-0.4, -0.2) is 41.3 Å². The normalized spacial score (nSPS) is 24.3. The van der Waals surface area contributed by atoms with E-state index in [0.717, 1.165) is 28.3 Å². The summed E-state index contributed by atoms with van der Waals surface area (Å²) in [4.78, 5) is 18.6. The van der Waals surface area contributed by atoms with E-state index in [1.54, 1.807) is 25.1 Å². The first-order valence-electron chi connectivity index (χ1n) is 7.10. The van der Waals surface area contributed by atoms with Crippen molar-refractivity contribution in [2.24, 2.45) is 4.99 Å². The van der Waals surface area contributed by atoms with Crippen molar-refractivity contribution in [3.63, 3.8) is 0 Å². The van der Waals surface area contributed by atoms with E-state index in [0.29, 0.717) is 0 Å². The largest absolute Gasteiger partial charge is 0.497 e. The van der Waals surface area contributed by atoms with Crippen molar-refractivity contribution in [1.82, 2.24) is 4.90 Å². The number of carbonyl (C=O) groups is 1. The molecule has 4 nitrogen and oxygen atoms in total. The van der Waals surface area contributed by atoms with E-state index in [-0.39, 0.29) is 17.3 Å². The zero-order chi connectivity index (χ0) is 15.7. The first kappa shape index (κ1) is 14.9. The number of nitrogens with zero attached hydrogens (tertiary/aromatic N) is 2. The number of ether oxygens (including phenoxy) is 1. The number of fused-ring (bicyclic) bond motifs is 1. The van der Waals surface area contributed by atoms with Crippen molar-refractivity contribution in [3.05, 3.63) is 53.8 Å². The molecule has 3 rings (SSSR count). The van der Waals surface area contributed by atoms with E-state index in [2.05, 4.69) is 11.6 Å². The van der Waals surface area contributed by atoms with Gasteiger partial charge in [-0.15, -0.1) is 11.8 Å². The molecule has 1 amide bonds. The van der Waals surface area contributed by atoms with Crippen molar-refractivity contribution >= 4 is 23.9 Å². The van der Waals surface area contributed by atoms with Crippen LogP contribution in [0.4, 0.5) is 0 Å². The first-order chi connectivity index (χ1) is 10.7. The van der Waals surface area contributed by atoms with Gasteiger partial charge in [-0.25, -0.2) is 0 Å². The second-order valence-electron chi connectivity index (χ2n) is 5.22. The first-order valence-corrected chi connectivity index (χ1v) is 8.14. The fourth-order valence-corrected chi connectivity index (χ4v) is 4.06. The molecule has 0 aromatic heterocycles. The standard InChI is InChI=1S/C17H18N2O2S/c1-4-13-10-22-17-15(16(20)19(17)11(13)2)18-9-12-5-7-14(21-3)8-6-12/h4-9,15,17H,1,10H2,2-3H3. The van der Waals surface area contributed by atoms with Gasteiger partial charge in [-0.05, 0) is 42.3 Å². The fourth-order valence-electron chi connectivity index (χ4n) is 2.61.